The summed E-state index contributed by atoms with van der Waals surface area (Å²) in [6.45, 7) is 0. The third-order valence-electron chi connectivity index (χ3n) is 4.91. The molecule has 1 fully saturated rings. The number of hydrogen-bond donors (Lipinski definition) is 2. The summed E-state index contributed by atoms with van der Waals surface area (Å²) >= 11 is 1.22. The van der Waals surface area contributed by atoms with Gasteiger partial charge in [-0.1, -0.05) is 31.0 Å². The molecule has 1 amide bonds. The summed E-state index contributed by atoms with van der Waals surface area (Å²) in [6.07, 6.45) is 5.74. The molecule has 1 aliphatic rings. The van der Waals surface area contributed by atoms with Gasteiger partial charge in [-0.25, -0.2) is 17.4 Å². The molecule has 2 aromatic rings. The molecule has 0 aliphatic heterocycles. The van der Waals surface area contributed by atoms with Gasteiger partial charge in [-0.05, 0) is 37.1 Å². The fraction of sp³-hybridized carbons (Fsp3) is 0.500. The zero-order valence-corrected chi connectivity index (χ0v) is 18.2. The van der Waals surface area contributed by atoms with Crippen LogP contribution in [0.15, 0.2) is 34.3 Å². The molecule has 0 radical (unpaired) electrons. The predicted octanol–water partition coefficient (Wildman–Crippen LogP) is 2.02. The molecule has 11 heteroatoms. The molecule has 9 nitrogen and oxygen atoms in total. The summed E-state index contributed by atoms with van der Waals surface area (Å²) in [7, 11) is -0.555. The number of carbonyl (C=O) groups excluding carboxylic acids is 1. The van der Waals surface area contributed by atoms with E-state index >= 15 is 0 Å². The number of nitrogens with one attached hydrogen (secondary N) is 1. The average molecular weight is 439 g/mol. The van der Waals surface area contributed by atoms with Crippen molar-refractivity contribution in [1.82, 2.24) is 19.2 Å². The molecule has 3 N–H and O–H groups in total. The molecular weight excluding hydrogens is 412 g/mol. The van der Waals surface area contributed by atoms with Gasteiger partial charge in [-0.2, -0.15) is 0 Å². The summed E-state index contributed by atoms with van der Waals surface area (Å²) < 4.78 is 26.8. The van der Waals surface area contributed by atoms with Gasteiger partial charge in [0, 0.05) is 25.7 Å². The van der Waals surface area contributed by atoms with Crippen molar-refractivity contribution in [2.75, 3.05) is 31.0 Å². The molecule has 1 heterocycles. The molecule has 3 rings (SSSR count). The highest BCUT2D eigenvalue weighted by Crippen LogP contribution is 2.32. The van der Waals surface area contributed by atoms with Crippen molar-refractivity contribution in [3.05, 3.63) is 30.1 Å². The molecule has 29 heavy (non-hydrogen) atoms. The summed E-state index contributed by atoms with van der Waals surface area (Å²) in [5.41, 5.74) is 0.519. The maximum Gasteiger partial charge on any atom is 0.242 e. The second-order valence-electron chi connectivity index (χ2n) is 7.19. The van der Waals surface area contributed by atoms with Crippen molar-refractivity contribution in [1.29, 1.82) is 0 Å². The first-order chi connectivity index (χ1) is 13.8. The first-order valence-electron chi connectivity index (χ1n) is 9.44. The van der Waals surface area contributed by atoms with E-state index in [1.54, 1.807) is 12.1 Å². The van der Waals surface area contributed by atoms with Crippen LogP contribution in [0, 0.1) is 0 Å². The van der Waals surface area contributed by atoms with Crippen LogP contribution in [0.4, 0.5) is 5.69 Å². The number of carbonyl (C=O) groups is 1. The third kappa shape index (κ3) is 5.09. The number of aromatic nitrogens is 3. The summed E-state index contributed by atoms with van der Waals surface area (Å²) in [6, 6.07) is 6.05. The Labute approximate surface area is 175 Å². The first-order valence-corrected chi connectivity index (χ1v) is 11.9. The zero-order chi connectivity index (χ0) is 21.0. The van der Waals surface area contributed by atoms with Gasteiger partial charge in [0.15, 0.2) is 5.82 Å². The molecule has 1 aliphatic carbocycles. The summed E-state index contributed by atoms with van der Waals surface area (Å²) in [5.74, 6) is 7.14. The highest BCUT2D eigenvalue weighted by atomic mass is 32.2. The number of benzene rings is 1. The van der Waals surface area contributed by atoms with Gasteiger partial charge in [-0.3, -0.25) is 4.79 Å². The van der Waals surface area contributed by atoms with E-state index in [1.165, 1.54) is 61.9 Å². The predicted molar refractivity (Wildman–Crippen MR) is 113 cm³/mol. The molecule has 0 unspecified atom stereocenters. The fourth-order valence-corrected chi connectivity index (χ4v) is 4.84. The number of sulfonamides is 1. The lowest BCUT2D eigenvalue weighted by atomic mass is 9.89. The molecule has 1 saturated carbocycles. The van der Waals surface area contributed by atoms with Crippen LogP contribution in [0.2, 0.25) is 0 Å². The van der Waals surface area contributed by atoms with E-state index in [4.69, 9.17) is 5.84 Å². The molecule has 0 bridgehead atoms. The summed E-state index contributed by atoms with van der Waals surface area (Å²) in [5, 5.41) is 11.6. The highest BCUT2D eigenvalue weighted by molar-refractivity contribution is 7.99. The lowest BCUT2D eigenvalue weighted by molar-refractivity contribution is -0.113. The minimum Gasteiger partial charge on any atom is -0.336 e. The van der Waals surface area contributed by atoms with Gasteiger partial charge in [0.2, 0.25) is 21.1 Å². The molecule has 0 atom stereocenters. The van der Waals surface area contributed by atoms with Gasteiger partial charge in [0.05, 0.1) is 10.6 Å². The van der Waals surface area contributed by atoms with Gasteiger partial charge in [0.25, 0.3) is 0 Å². The normalized spacial score (nSPS) is 15.6. The summed E-state index contributed by atoms with van der Waals surface area (Å²) in [4.78, 5) is 12.4. The molecule has 1 aromatic heterocycles. The Morgan fingerprint density at radius 1 is 1.21 bits per heavy atom. The van der Waals surface area contributed by atoms with E-state index in [1.807, 2.05) is 0 Å². The van der Waals surface area contributed by atoms with Crippen molar-refractivity contribution in [2.45, 2.75) is 48.1 Å². The zero-order valence-electron chi connectivity index (χ0n) is 16.5. The van der Waals surface area contributed by atoms with Crippen LogP contribution in [0.25, 0.3) is 0 Å². The Morgan fingerprint density at radius 2 is 1.86 bits per heavy atom. The van der Waals surface area contributed by atoms with Crippen LogP contribution in [-0.4, -0.2) is 53.4 Å². The minimum atomic E-state index is -3.50. The van der Waals surface area contributed by atoms with Gasteiger partial charge >= 0.3 is 0 Å². The number of anilines is 1. The average Bonchev–Trinajstić information content (AvgIpc) is 3.08. The molecule has 0 spiro atoms. The van der Waals surface area contributed by atoms with E-state index in [9.17, 15) is 13.2 Å². The van der Waals surface area contributed by atoms with E-state index in [-0.39, 0.29) is 16.6 Å². The number of nitrogen functional groups attached to an aromatic ring is 1. The number of thioether (sulfide) groups is 1. The second-order valence-corrected chi connectivity index (χ2v) is 10.3. The van der Waals surface area contributed by atoms with E-state index in [2.05, 4.69) is 15.5 Å². The number of nitrogens with zero attached hydrogens (tertiary/aromatic N) is 4. The van der Waals surface area contributed by atoms with E-state index < -0.39 is 10.0 Å². The van der Waals surface area contributed by atoms with Crippen molar-refractivity contribution in [3.8, 4) is 0 Å². The second kappa shape index (κ2) is 9.14. The topological polar surface area (TPSA) is 123 Å². The fourth-order valence-electron chi connectivity index (χ4n) is 3.27. The van der Waals surface area contributed by atoms with E-state index in [0.717, 1.165) is 23.0 Å². The maximum absolute atomic E-state index is 12.2. The Balaban J connectivity index is 1.56. The van der Waals surface area contributed by atoms with Crippen molar-refractivity contribution in [3.63, 3.8) is 0 Å². The van der Waals surface area contributed by atoms with Crippen LogP contribution in [-0.2, 0) is 14.8 Å². The van der Waals surface area contributed by atoms with Crippen LogP contribution in [0.3, 0.4) is 0 Å². The monoisotopic (exact) mass is 438 g/mol. The minimum absolute atomic E-state index is 0.123. The lowest BCUT2D eigenvalue weighted by Crippen LogP contribution is -2.22. The molecule has 0 saturated heterocycles. The quantitative estimate of drug-likeness (QED) is 0.501. The Morgan fingerprint density at radius 3 is 2.48 bits per heavy atom. The van der Waals surface area contributed by atoms with Gasteiger partial charge in [-0.15, -0.1) is 10.2 Å². The highest BCUT2D eigenvalue weighted by Gasteiger charge is 2.23. The SMILES string of the molecule is CN(C)S(=O)(=O)c1ccc(NC(=O)CSc2nnc(C3CCCCC3)n2N)cc1. The largest absolute Gasteiger partial charge is 0.336 e. The van der Waals surface area contributed by atoms with Crippen molar-refractivity contribution in [2.24, 2.45) is 0 Å². The third-order valence-corrected chi connectivity index (χ3v) is 7.68. The number of hydrogen-bond acceptors (Lipinski definition) is 7. The van der Waals surface area contributed by atoms with Gasteiger partial charge in [0.1, 0.15) is 0 Å². The number of rotatable bonds is 7. The number of amides is 1. The smallest absolute Gasteiger partial charge is 0.242 e. The molecular formula is C18H26N6O3S2. The Bertz CT molecular complexity index is 950. The van der Waals surface area contributed by atoms with Gasteiger partial charge < -0.3 is 11.2 Å². The number of nitrogens with two attached hydrogens (primary N) is 1. The standard InChI is InChI=1S/C18H26N6O3S2/c1-23(2)29(26,27)15-10-8-14(9-11-15)20-16(25)12-28-18-22-21-17(24(18)19)13-6-4-3-5-7-13/h8-11,13H,3-7,12,19H2,1-2H3,(H,20,25). The van der Waals surface area contributed by atoms with E-state index in [0.29, 0.717) is 16.8 Å². The van der Waals surface area contributed by atoms with Crippen LogP contribution in [0.1, 0.15) is 43.8 Å². The van der Waals surface area contributed by atoms with Crippen LogP contribution < -0.4 is 11.2 Å². The molecule has 1 aromatic carbocycles. The van der Waals surface area contributed by atoms with Crippen molar-refractivity contribution >= 4 is 33.4 Å². The maximum atomic E-state index is 12.2. The Kier molecular flexibility index (Phi) is 6.81. The first kappa shape index (κ1) is 21.6. The van der Waals surface area contributed by atoms with Crippen molar-refractivity contribution < 1.29 is 13.2 Å². The van der Waals surface area contributed by atoms with Crippen LogP contribution in [0.5, 0.6) is 0 Å². The van der Waals surface area contributed by atoms with Crippen LogP contribution >= 0.6 is 11.8 Å². The molecule has 158 valence electrons. The lowest BCUT2D eigenvalue weighted by Gasteiger charge is -2.20. The Hall–Kier alpha value is -2.11.